The summed E-state index contributed by atoms with van der Waals surface area (Å²) >= 11 is 6.06. The molecule has 0 aliphatic carbocycles. The maximum atomic E-state index is 9.44. The molecule has 1 aromatic carbocycles. The molecule has 2 aromatic heterocycles. The predicted octanol–water partition coefficient (Wildman–Crippen LogP) is 2.57. The Balaban J connectivity index is 2.12. The molecule has 0 unspecified atom stereocenters. The summed E-state index contributed by atoms with van der Waals surface area (Å²) in [4.78, 5) is 4.12. The fourth-order valence-corrected chi connectivity index (χ4v) is 2.48. The Labute approximate surface area is 115 Å². The zero-order valence-electron chi connectivity index (χ0n) is 10.5. The lowest BCUT2D eigenvalue weighted by molar-refractivity contribution is 0.283. The number of aliphatic hydroxyl groups is 1. The van der Waals surface area contributed by atoms with Crippen molar-refractivity contribution in [3.05, 3.63) is 53.2 Å². The molecule has 0 spiro atoms. The summed E-state index contributed by atoms with van der Waals surface area (Å²) in [5, 5.41) is 11.2. The molecule has 98 valence electrons. The van der Waals surface area contributed by atoms with Crippen molar-refractivity contribution in [1.82, 2.24) is 14.1 Å². The smallest absolute Gasteiger partial charge is 0.0946 e. The molecule has 3 rings (SSSR count). The molecule has 0 fully saturated rings. The first-order valence-corrected chi connectivity index (χ1v) is 6.40. The van der Waals surface area contributed by atoms with Crippen molar-refractivity contribution in [2.45, 2.75) is 13.2 Å². The van der Waals surface area contributed by atoms with Crippen LogP contribution >= 0.6 is 11.6 Å². The van der Waals surface area contributed by atoms with Crippen molar-refractivity contribution in [3.8, 4) is 0 Å². The van der Waals surface area contributed by atoms with Crippen LogP contribution in [0.15, 0.2) is 36.9 Å². The second-order valence-electron chi connectivity index (χ2n) is 4.60. The van der Waals surface area contributed by atoms with Crippen molar-refractivity contribution < 1.29 is 5.11 Å². The van der Waals surface area contributed by atoms with E-state index in [9.17, 15) is 5.11 Å². The fourth-order valence-electron chi connectivity index (χ4n) is 2.31. The van der Waals surface area contributed by atoms with E-state index >= 15 is 0 Å². The number of aliphatic hydroxyl groups excluding tert-OH is 1. The van der Waals surface area contributed by atoms with Crippen molar-refractivity contribution in [1.29, 1.82) is 0 Å². The zero-order chi connectivity index (χ0) is 13.4. The molecule has 5 heteroatoms. The van der Waals surface area contributed by atoms with Gasteiger partial charge in [0, 0.05) is 35.4 Å². The second kappa shape index (κ2) is 4.72. The summed E-state index contributed by atoms with van der Waals surface area (Å²) in [6, 6.07) is 5.72. The van der Waals surface area contributed by atoms with E-state index < -0.39 is 0 Å². The summed E-state index contributed by atoms with van der Waals surface area (Å²) in [5.41, 5.74) is 3.04. The maximum absolute atomic E-state index is 9.44. The van der Waals surface area contributed by atoms with E-state index in [0.29, 0.717) is 11.6 Å². The number of hydrogen-bond acceptors (Lipinski definition) is 2. The summed E-state index contributed by atoms with van der Waals surface area (Å²) in [6.07, 6.45) is 5.59. The molecule has 19 heavy (non-hydrogen) atoms. The highest BCUT2D eigenvalue weighted by Gasteiger charge is 2.10. The predicted molar refractivity (Wildman–Crippen MR) is 75.2 cm³/mol. The lowest BCUT2D eigenvalue weighted by Crippen LogP contribution is -2.02. The Bertz CT molecular complexity index is 729. The molecule has 2 heterocycles. The number of benzene rings is 1. The number of aryl methyl sites for hydroxylation is 1. The highest BCUT2D eigenvalue weighted by molar-refractivity contribution is 6.31. The molecular weight excluding hydrogens is 262 g/mol. The minimum absolute atomic E-state index is 0.0243. The summed E-state index contributed by atoms with van der Waals surface area (Å²) in [5.74, 6) is 0. The van der Waals surface area contributed by atoms with Gasteiger partial charge in [-0.1, -0.05) is 17.7 Å². The van der Waals surface area contributed by atoms with Crippen molar-refractivity contribution in [2.75, 3.05) is 0 Å². The standard InChI is InChI=1S/C14H14ClN3O/c1-17-9-16-5-12(17)7-18-6-10(8-19)13-3-2-11(15)4-14(13)18/h2-6,9,19H,7-8H2,1H3. The van der Waals surface area contributed by atoms with Gasteiger partial charge in [0.15, 0.2) is 0 Å². The number of hydrogen-bond donors (Lipinski definition) is 1. The Hall–Kier alpha value is -1.78. The monoisotopic (exact) mass is 275 g/mol. The Morgan fingerprint density at radius 1 is 1.37 bits per heavy atom. The van der Waals surface area contributed by atoms with Crippen LogP contribution in [0.25, 0.3) is 10.9 Å². The number of rotatable bonds is 3. The molecule has 3 aromatic rings. The van der Waals surface area contributed by atoms with Gasteiger partial charge in [0.25, 0.3) is 0 Å². The normalized spacial score (nSPS) is 11.3. The molecule has 4 nitrogen and oxygen atoms in total. The second-order valence-corrected chi connectivity index (χ2v) is 5.03. The van der Waals surface area contributed by atoms with Crippen LogP contribution in [0.2, 0.25) is 5.02 Å². The molecule has 0 saturated carbocycles. The lowest BCUT2D eigenvalue weighted by Gasteiger charge is -2.06. The van der Waals surface area contributed by atoms with E-state index in [1.165, 1.54) is 0 Å². The summed E-state index contributed by atoms with van der Waals surface area (Å²) in [7, 11) is 1.97. The van der Waals surface area contributed by atoms with Crippen LogP contribution in [0.3, 0.4) is 0 Å². The SMILES string of the molecule is Cn1cncc1Cn1cc(CO)c2ccc(Cl)cc21. The van der Waals surface area contributed by atoms with Crippen LogP contribution in [-0.4, -0.2) is 19.2 Å². The fraction of sp³-hybridized carbons (Fsp3) is 0.214. The first-order valence-electron chi connectivity index (χ1n) is 6.02. The third-order valence-electron chi connectivity index (χ3n) is 3.35. The van der Waals surface area contributed by atoms with Crippen molar-refractivity contribution >= 4 is 22.5 Å². The molecule has 0 aliphatic rings. The van der Waals surface area contributed by atoms with Gasteiger partial charge in [-0.2, -0.15) is 0 Å². The van der Waals surface area contributed by atoms with Gasteiger partial charge in [0.2, 0.25) is 0 Å². The average Bonchev–Trinajstić information content (AvgIpc) is 2.95. The third-order valence-corrected chi connectivity index (χ3v) is 3.58. The first kappa shape index (κ1) is 12.3. The van der Waals surface area contributed by atoms with Crippen LogP contribution in [0.4, 0.5) is 0 Å². The first-order chi connectivity index (χ1) is 9.19. The molecule has 1 N–H and O–H groups in total. The lowest BCUT2D eigenvalue weighted by atomic mass is 10.2. The van der Waals surface area contributed by atoms with Gasteiger partial charge in [0.05, 0.1) is 30.7 Å². The topological polar surface area (TPSA) is 43.0 Å². The molecule has 0 radical (unpaired) electrons. The van der Waals surface area contributed by atoms with E-state index in [-0.39, 0.29) is 6.61 Å². The number of aromatic nitrogens is 3. The molecule has 0 bridgehead atoms. The summed E-state index contributed by atoms with van der Waals surface area (Å²) < 4.78 is 4.07. The highest BCUT2D eigenvalue weighted by Crippen LogP contribution is 2.25. The van der Waals surface area contributed by atoms with Crippen LogP contribution in [-0.2, 0) is 20.2 Å². The minimum atomic E-state index is 0.0243. The molecule has 0 amide bonds. The van der Waals surface area contributed by atoms with Gasteiger partial charge in [-0.3, -0.25) is 0 Å². The van der Waals surface area contributed by atoms with Crippen LogP contribution in [0.1, 0.15) is 11.3 Å². The van der Waals surface area contributed by atoms with Crippen molar-refractivity contribution in [2.24, 2.45) is 7.05 Å². The molecule has 0 aliphatic heterocycles. The van der Waals surface area contributed by atoms with E-state index in [4.69, 9.17) is 11.6 Å². The minimum Gasteiger partial charge on any atom is -0.392 e. The Morgan fingerprint density at radius 3 is 2.89 bits per heavy atom. The van der Waals surface area contributed by atoms with E-state index in [2.05, 4.69) is 9.55 Å². The Morgan fingerprint density at radius 2 is 2.21 bits per heavy atom. The quantitative estimate of drug-likeness (QED) is 0.798. The van der Waals surface area contributed by atoms with Crippen LogP contribution in [0, 0.1) is 0 Å². The van der Waals surface area contributed by atoms with Gasteiger partial charge >= 0.3 is 0 Å². The van der Waals surface area contributed by atoms with E-state index in [1.807, 2.05) is 42.2 Å². The number of nitrogens with zero attached hydrogens (tertiary/aromatic N) is 3. The zero-order valence-corrected chi connectivity index (χ0v) is 11.3. The van der Waals surface area contributed by atoms with Gasteiger partial charge in [-0.15, -0.1) is 0 Å². The summed E-state index contributed by atoms with van der Waals surface area (Å²) in [6.45, 7) is 0.726. The molecular formula is C14H14ClN3O. The molecule has 0 saturated heterocycles. The van der Waals surface area contributed by atoms with Gasteiger partial charge in [-0.05, 0) is 12.1 Å². The number of imidazole rings is 1. The number of fused-ring (bicyclic) bond motifs is 1. The largest absolute Gasteiger partial charge is 0.392 e. The van der Waals surface area contributed by atoms with E-state index in [1.54, 1.807) is 6.33 Å². The number of halogens is 1. The van der Waals surface area contributed by atoms with Crippen LogP contribution in [0.5, 0.6) is 0 Å². The molecule has 0 atom stereocenters. The Kier molecular flexibility index (Phi) is 3.05. The van der Waals surface area contributed by atoms with Gasteiger partial charge < -0.3 is 14.2 Å². The van der Waals surface area contributed by atoms with Crippen LogP contribution < -0.4 is 0 Å². The van der Waals surface area contributed by atoms with Gasteiger partial charge in [0.1, 0.15) is 0 Å². The van der Waals surface area contributed by atoms with Gasteiger partial charge in [-0.25, -0.2) is 4.98 Å². The average molecular weight is 276 g/mol. The maximum Gasteiger partial charge on any atom is 0.0946 e. The van der Waals surface area contributed by atoms with E-state index in [0.717, 1.165) is 22.2 Å². The highest BCUT2D eigenvalue weighted by atomic mass is 35.5. The third kappa shape index (κ3) is 2.13. The van der Waals surface area contributed by atoms with Crippen molar-refractivity contribution in [3.63, 3.8) is 0 Å².